The van der Waals surface area contributed by atoms with E-state index in [-0.39, 0.29) is 30.4 Å². The smallest absolute Gasteiger partial charge is 0.251 e. The molecule has 5 nitrogen and oxygen atoms in total. The molecule has 1 N–H and O–H groups in total. The molecule has 26 heavy (non-hydrogen) atoms. The van der Waals surface area contributed by atoms with Gasteiger partial charge in [-0.3, -0.25) is 9.59 Å². The Kier molecular flexibility index (Phi) is 5.47. The summed E-state index contributed by atoms with van der Waals surface area (Å²) in [5.41, 5.74) is 1.32. The van der Waals surface area contributed by atoms with E-state index in [1.54, 1.807) is 53.4 Å². The van der Waals surface area contributed by atoms with Crippen LogP contribution in [0.4, 0.5) is 5.69 Å². The molecule has 6 heteroatoms. The molecule has 2 amide bonds. The summed E-state index contributed by atoms with van der Waals surface area (Å²) in [6, 6.07) is 13.9. The van der Waals surface area contributed by atoms with Gasteiger partial charge in [0.05, 0.1) is 12.1 Å². The number of nitrogens with zero attached hydrogens (tertiary/aromatic N) is 1. The standard InChI is InChI=1S/C20H21ClN2O3/c1-13(2)26-18-9-3-14(4-10-18)20(25)22-16-11-19(24)23(12-16)17-7-5-15(21)6-8-17/h3-10,13,16H,11-12H2,1-2H3,(H,22,25)/t16-/m1/s1. The molecule has 0 aliphatic carbocycles. The van der Waals surface area contributed by atoms with Gasteiger partial charge >= 0.3 is 0 Å². The number of hydrogen-bond acceptors (Lipinski definition) is 3. The van der Waals surface area contributed by atoms with Crippen LogP contribution in [-0.2, 0) is 4.79 Å². The van der Waals surface area contributed by atoms with E-state index in [9.17, 15) is 9.59 Å². The zero-order valence-electron chi connectivity index (χ0n) is 14.7. The SMILES string of the molecule is CC(C)Oc1ccc(C(=O)N[C@@H]2CC(=O)N(c3ccc(Cl)cc3)C2)cc1. The quantitative estimate of drug-likeness (QED) is 0.871. The summed E-state index contributed by atoms with van der Waals surface area (Å²) in [6.45, 7) is 4.34. The van der Waals surface area contributed by atoms with E-state index >= 15 is 0 Å². The predicted octanol–water partition coefficient (Wildman–Crippen LogP) is 3.66. The van der Waals surface area contributed by atoms with Crippen molar-refractivity contribution in [3.05, 3.63) is 59.1 Å². The molecule has 1 aliphatic heterocycles. The molecule has 1 heterocycles. The fraction of sp³-hybridized carbons (Fsp3) is 0.300. The molecule has 1 saturated heterocycles. The van der Waals surface area contributed by atoms with Gasteiger partial charge in [-0.05, 0) is 62.4 Å². The van der Waals surface area contributed by atoms with Crippen LogP contribution >= 0.6 is 11.6 Å². The molecular weight excluding hydrogens is 352 g/mol. The van der Waals surface area contributed by atoms with Gasteiger partial charge in [-0.2, -0.15) is 0 Å². The summed E-state index contributed by atoms with van der Waals surface area (Å²) in [4.78, 5) is 26.4. The van der Waals surface area contributed by atoms with Crippen molar-refractivity contribution in [2.75, 3.05) is 11.4 Å². The second-order valence-corrected chi connectivity index (χ2v) is 6.98. The Labute approximate surface area is 157 Å². The number of anilines is 1. The minimum Gasteiger partial charge on any atom is -0.491 e. The maximum absolute atomic E-state index is 12.4. The Hall–Kier alpha value is -2.53. The summed E-state index contributed by atoms with van der Waals surface area (Å²) >= 11 is 5.89. The van der Waals surface area contributed by atoms with E-state index in [4.69, 9.17) is 16.3 Å². The lowest BCUT2D eigenvalue weighted by molar-refractivity contribution is -0.117. The third-order valence-corrected chi connectivity index (χ3v) is 4.34. The first-order valence-corrected chi connectivity index (χ1v) is 8.93. The van der Waals surface area contributed by atoms with Crippen LogP contribution in [0.2, 0.25) is 5.02 Å². The van der Waals surface area contributed by atoms with Crippen molar-refractivity contribution in [3.63, 3.8) is 0 Å². The molecule has 2 aromatic carbocycles. The fourth-order valence-electron chi connectivity index (χ4n) is 2.90. The number of benzene rings is 2. The molecular formula is C20H21ClN2O3. The zero-order valence-corrected chi connectivity index (χ0v) is 15.5. The largest absolute Gasteiger partial charge is 0.491 e. The number of carbonyl (C=O) groups is 2. The minimum absolute atomic E-state index is 0.0155. The van der Waals surface area contributed by atoms with Crippen LogP contribution in [0.15, 0.2) is 48.5 Å². The van der Waals surface area contributed by atoms with Gasteiger partial charge < -0.3 is 15.0 Å². The Morgan fingerprint density at radius 2 is 1.81 bits per heavy atom. The van der Waals surface area contributed by atoms with Crippen LogP contribution in [0.25, 0.3) is 0 Å². The molecule has 3 rings (SSSR count). The van der Waals surface area contributed by atoms with Crippen LogP contribution in [-0.4, -0.2) is 30.5 Å². The highest BCUT2D eigenvalue weighted by Gasteiger charge is 2.31. The maximum atomic E-state index is 12.4. The van der Waals surface area contributed by atoms with Crippen LogP contribution in [0.5, 0.6) is 5.75 Å². The molecule has 0 spiro atoms. The molecule has 2 aromatic rings. The third kappa shape index (κ3) is 4.35. The molecule has 1 fully saturated rings. The lowest BCUT2D eigenvalue weighted by atomic mass is 10.1. The van der Waals surface area contributed by atoms with E-state index in [0.717, 1.165) is 11.4 Å². The highest BCUT2D eigenvalue weighted by atomic mass is 35.5. The second kappa shape index (κ2) is 7.79. The monoisotopic (exact) mass is 372 g/mol. The van der Waals surface area contributed by atoms with Gasteiger partial charge in [-0.25, -0.2) is 0 Å². The van der Waals surface area contributed by atoms with Crippen molar-refractivity contribution in [3.8, 4) is 5.75 Å². The zero-order chi connectivity index (χ0) is 18.7. The van der Waals surface area contributed by atoms with Gasteiger partial charge in [0.1, 0.15) is 5.75 Å². The number of rotatable bonds is 5. The lowest BCUT2D eigenvalue weighted by Crippen LogP contribution is -2.37. The summed E-state index contributed by atoms with van der Waals surface area (Å²) in [5.74, 6) is 0.511. The number of nitrogens with one attached hydrogen (secondary N) is 1. The topological polar surface area (TPSA) is 58.6 Å². The third-order valence-electron chi connectivity index (χ3n) is 4.09. The normalized spacial score (nSPS) is 16.8. The average Bonchev–Trinajstić information content (AvgIpc) is 2.96. The Balaban J connectivity index is 1.61. The van der Waals surface area contributed by atoms with E-state index in [0.29, 0.717) is 17.1 Å². The first-order valence-electron chi connectivity index (χ1n) is 8.56. The van der Waals surface area contributed by atoms with E-state index in [1.165, 1.54) is 0 Å². The molecule has 0 saturated carbocycles. The minimum atomic E-state index is -0.225. The van der Waals surface area contributed by atoms with E-state index < -0.39 is 0 Å². The second-order valence-electron chi connectivity index (χ2n) is 6.55. The van der Waals surface area contributed by atoms with Gasteiger partial charge in [0.25, 0.3) is 5.91 Å². The van der Waals surface area contributed by atoms with E-state index in [2.05, 4.69) is 5.32 Å². The van der Waals surface area contributed by atoms with Gasteiger partial charge in [0, 0.05) is 29.2 Å². The number of hydrogen-bond donors (Lipinski definition) is 1. The first-order chi connectivity index (χ1) is 12.4. The summed E-state index contributed by atoms with van der Waals surface area (Å²) in [7, 11) is 0. The molecule has 0 aromatic heterocycles. The maximum Gasteiger partial charge on any atom is 0.251 e. The van der Waals surface area contributed by atoms with Crippen LogP contribution in [0.3, 0.4) is 0 Å². The number of ether oxygens (including phenoxy) is 1. The summed E-state index contributed by atoms with van der Waals surface area (Å²) in [5, 5.41) is 3.55. The number of carbonyl (C=O) groups excluding carboxylic acids is 2. The van der Waals surface area contributed by atoms with Crippen molar-refractivity contribution in [1.29, 1.82) is 0 Å². The molecule has 0 unspecified atom stereocenters. The number of amides is 2. The molecule has 0 radical (unpaired) electrons. The summed E-state index contributed by atoms with van der Waals surface area (Å²) in [6.07, 6.45) is 0.362. The summed E-state index contributed by atoms with van der Waals surface area (Å²) < 4.78 is 5.58. The van der Waals surface area contributed by atoms with E-state index in [1.807, 2.05) is 13.8 Å². The van der Waals surface area contributed by atoms with Gasteiger partial charge in [-0.15, -0.1) is 0 Å². The first kappa shape index (κ1) is 18.3. The van der Waals surface area contributed by atoms with Gasteiger partial charge in [0.2, 0.25) is 5.91 Å². The van der Waals surface area contributed by atoms with Crippen molar-refractivity contribution >= 4 is 29.1 Å². The lowest BCUT2D eigenvalue weighted by Gasteiger charge is -2.17. The van der Waals surface area contributed by atoms with Crippen LogP contribution in [0.1, 0.15) is 30.6 Å². The molecule has 1 atom stereocenters. The van der Waals surface area contributed by atoms with Crippen LogP contribution < -0.4 is 15.0 Å². The van der Waals surface area contributed by atoms with Crippen molar-refractivity contribution in [1.82, 2.24) is 5.32 Å². The predicted molar refractivity (Wildman–Crippen MR) is 102 cm³/mol. The fourth-order valence-corrected chi connectivity index (χ4v) is 3.03. The van der Waals surface area contributed by atoms with Crippen molar-refractivity contribution in [2.24, 2.45) is 0 Å². The van der Waals surface area contributed by atoms with Crippen molar-refractivity contribution in [2.45, 2.75) is 32.4 Å². The molecule has 0 bridgehead atoms. The Bertz CT molecular complexity index is 788. The Morgan fingerprint density at radius 1 is 1.15 bits per heavy atom. The molecule has 136 valence electrons. The Morgan fingerprint density at radius 3 is 2.42 bits per heavy atom. The van der Waals surface area contributed by atoms with Crippen molar-refractivity contribution < 1.29 is 14.3 Å². The highest BCUT2D eigenvalue weighted by Crippen LogP contribution is 2.23. The highest BCUT2D eigenvalue weighted by molar-refractivity contribution is 6.30. The van der Waals surface area contributed by atoms with Gasteiger partial charge in [-0.1, -0.05) is 11.6 Å². The van der Waals surface area contributed by atoms with Crippen LogP contribution in [0, 0.1) is 0 Å². The average molecular weight is 373 g/mol. The van der Waals surface area contributed by atoms with Gasteiger partial charge in [0.15, 0.2) is 0 Å². The molecule has 1 aliphatic rings. The number of halogens is 1.